The number of aryl methyl sites for hydroxylation is 1. The molecular formula is C21H25N3O3S. The van der Waals surface area contributed by atoms with Crippen molar-refractivity contribution in [1.29, 1.82) is 0 Å². The predicted molar refractivity (Wildman–Crippen MR) is 111 cm³/mol. The topological polar surface area (TPSA) is 81.1 Å². The van der Waals surface area contributed by atoms with Crippen molar-refractivity contribution in [2.24, 2.45) is 0 Å². The van der Waals surface area contributed by atoms with Crippen LogP contribution in [0, 0.1) is 0 Å². The third-order valence-corrected chi connectivity index (χ3v) is 6.20. The van der Waals surface area contributed by atoms with Gasteiger partial charge in [0.1, 0.15) is 11.6 Å². The summed E-state index contributed by atoms with van der Waals surface area (Å²) in [5, 5.41) is 2.64. The number of imidazole rings is 1. The van der Waals surface area contributed by atoms with Crippen molar-refractivity contribution >= 4 is 32.5 Å². The summed E-state index contributed by atoms with van der Waals surface area (Å²) in [7, 11) is -3.56. The van der Waals surface area contributed by atoms with Crippen LogP contribution in [0.1, 0.15) is 38.9 Å². The highest BCUT2D eigenvalue weighted by Gasteiger charge is 2.20. The van der Waals surface area contributed by atoms with E-state index in [2.05, 4.69) is 17.2 Å². The van der Waals surface area contributed by atoms with E-state index in [1.807, 2.05) is 28.8 Å². The highest BCUT2D eigenvalue weighted by atomic mass is 32.2. The average Bonchev–Trinajstić information content (AvgIpc) is 2.98. The quantitative estimate of drug-likeness (QED) is 0.577. The molecule has 1 aromatic heterocycles. The second kappa shape index (κ2) is 8.56. The lowest BCUT2D eigenvalue weighted by molar-refractivity contribution is -0.114. The van der Waals surface area contributed by atoms with Crippen molar-refractivity contribution in [3.63, 3.8) is 0 Å². The zero-order valence-electron chi connectivity index (χ0n) is 16.2. The Bertz CT molecular complexity index is 1070. The van der Waals surface area contributed by atoms with E-state index in [1.54, 1.807) is 12.1 Å². The van der Waals surface area contributed by atoms with Crippen LogP contribution in [-0.2, 0) is 26.9 Å². The second-order valence-electron chi connectivity index (χ2n) is 6.84. The van der Waals surface area contributed by atoms with Crippen LogP contribution in [0.4, 0.5) is 5.69 Å². The van der Waals surface area contributed by atoms with E-state index < -0.39 is 9.84 Å². The lowest BCUT2D eigenvalue weighted by atomic mass is 10.2. The highest BCUT2D eigenvalue weighted by Crippen LogP contribution is 2.23. The van der Waals surface area contributed by atoms with Gasteiger partial charge in [-0.05, 0) is 42.8 Å². The van der Waals surface area contributed by atoms with Crippen molar-refractivity contribution in [1.82, 2.24) is 9.55 Å². The van der Waals surface area contributed by atoms with Gasteiger partial charge in [-0.2, -0.15) is 0 Å². The molecule has 6 nitrogen and oxygen atoms in total. The molecule has 3 rings (SSSR count). The zero-order chi connectivity index (χ0) is 20.1. The van der Waals surface area contributed by atoms with Crippen LogP contribution in [0.2, 0.25) is 0 Å². The average molecular weight is 400 g/mol. The summed E-state index contributed by atoms with van der Waals surface area (Å²) >= 11 is 0. The first-order valence-corrected chi connectivity index (χ1v) is 11.1. The summed E-state index contributed by atoms with van der Waals surface area (Å²) in [6.45, 7) is 4.30. The van der Waals surface area contributed by atoms with Crippen LogP contribution in [0.25, 0.3) is 11.0 Å². The highest BCUT2D eigenvalue weighted by molar-refractivity contribution is 7.90. The number of para-hydroxylation sites is 2. The van der Waals surface area contributed by atoms with Gasteiger partial charge in [0, 0.05) is 19.2 Å². The summed E-state index contributed by atoms with van der Waals surface area (Å²) in [5.74, 6) is 0.201. The van der Waals surface area contributed by atoms with E-state index in [9.17, 15) is 13.2 Å². The third kappa shape index (κ3) is 4.59. The van der Waals surface area contributed by atoms with E-state index in [-0.39, 0.29) is 16.6 Å². The molecule has 2 aromatic carbocycles. The number of benzene rings is 2. The number of unbranched alkanes of at least 4 members (excludes halogenated alkanes) is 2. The van der Waals surface area contributed by atoms with E-state index in [1.165, 1.54) is 19.1 Å². The van der Waals surface area contributed by atoms with Gasteiger partial charge in [-0.15, -0.1) is 0 Å². The fourth-order valence-electron chi connectivity index (χ4n) is 3.21. The normalized spacial score (nSPS) is 11.6. The number of hydrogen-bond acceptors (Lipinski definition) is 4. The van der Waals surface area contributed by atoms with Crippen LogP contribution in [0.15, 0.2) is 53.4 Å². The molecule has 1 N–H and O–H groups in total. The van der Waals surface area contributed by atoms with Gasteiger partial charge in [0.2, 0.25) is 5.91 Å². The Morgan fingerprint density at radius 3 is 2.46 bits per heavy atom. The van der Waals surface area contributed by atoms with Gasteiger partial charge in [0.15, 0.2) is 9.84 Å². The maximum Gasteiger partial charge on any atom is 0.221 e. The minimum atomic E-state index is -3.56. The lowest BCUT2D eigenvalue weighted by Crippen LogP contribution is -2.12. The fraction of sp³-hybridized carbons (Fsp3) is 0.333. The third-order valence-electron chi connectivity index (χ3n) is 4.57. The fourth-order valence-corrected chi connectivity index (χ4v) is 4.48. The van der Waals surface area contributed by atoms with Crippen molar-refractivity contribution in [3.8, 4) is 0 Å². The molecule has 0 atom stereocenters. The maximum atomic E-state index is 13.0. The van der Waals surface area contributed by atoms with Crippen molar-refractivity contribution < 1.29 is 13.2 Å². The number of hydrogen-bond donors (Lipinski definition) is 1. The van der Waals surface area contributed by atoms with E-state index in [0.29, 0.717) is 11.5 Å². The lowest BCUT2D eigenvalue weighted by Gasteiger charge is -2.10. The Kier molecular flexibility index (Phi) is 6.14. The molecule has 3 aromatic rings. The number of amides is 1. The summed E-state index contributed by atoms with van der Waals surface area (Å²) in [4.78, 5) is 15.9. The molecule has 1 amide bonds. The monoisotopic (exact) mass is 399 g/mol. The van der Waals surface area contributed by atoms with Crippen LogP contribution in [0.5, 0.6) is 0 Å². The second-order valence-corrected chi connectivity index (χ2v) is 8.83. The van der Waals surface area contributed by atoms with Crippen LogP contribution in [-0.4, -0.2) is 23.9 Å². The van der Waals surface area contributed by atoms with Crippen LogP contribution >= 0.6 is 0 Å². The van der Waals surface area contributed by atoms with Gasteiger partial charge in [-0.1, -0.05) is 31.9 Å². The van der Waals surface area contributed by atoms with Crippen LogP contribution in [0.3, 0.4) is 0 Å². The van der Waals surface area contributed by atoms with Crippen molar-refractivity contribution in [2.45, 2.75) is 50.3 Å². The molecule has 0 spiro atoms. The van der Waals surface area contributed by atoms with E-state index in [4.69, 9.17) is 0 Å². The molecular weight excluding hydrogens is 374 g/mol. The number of nitrogens with zero attached hydrogens (tertiary/aromatic N) is 2. The van der Waals surface area contributed by atoms with Crippen molar-refractivity contribution in [3.05, 3.63) is 54.4 Å². The Morgan fingerprint density at radius 1 is 1.07 bits per heavy atom. The molecule has 0 aliphatic rings. The van der Waals surface area contributed by atoms with Gasteiger partial charge in [0.05, 0.1) is 15.9 Å². The first-order chi connectivity index (χ1) is 13.4. The van der Waals surface area contributed by atoms with Crippen molar-refractivity contribution in [2.75, 3.05) is 5.32 Å². The molecule has 0 aliphatic heterocycles. The molecule has 0 fully saturated rings. The summed E-state index contributed by atoms with van der Waals surface area (Å²) in [5.41, 5.74) is 2.34. The number of nitrogens with one attached hydrogen (secondary N) is 1. The smallest absolute Gasteiger partial charge is 0.221 e. The first kappa shape index (κ1) is 20.1. The Morgan fingerprint density at radius 2 is 1.79 bits per heavy atom. The summed E-state index contributed by atoms with van der Waals surface area (Å²) in [6.07, 6.45) is 3.17. The zero-order valence-corrected chi connectivity index (χ0v) is 17.0. The number of carbonyl (C=O) groups is 1. The Hall–Kier alpha value is -2.67. The molecule has 0 radical (unpaired) electrons. The summed E-state index contributed by atoms with van der Waals surface area (Å²) in [6, 6.07) is 14.0. The van der Waals surface area contributed by atoms with Gasteiger partial charge < -0.3 is 9.88 Å². The number of rotatable bonds is 8. The first-order valence-electron chi connectivity index (χ1n) is 9.45. The number of carbonyl (C=O) groups excluding carboxylic acids is 1. The number of aromatic nitrogens is 2. The minimum absolute atomic E-state index is 0.159. The molecule has 0 saturated carbocycles. The van der Waals surface area contributed by atoms with Gasteiger partial charge in [-0.3, -0.25) is 4.79 Å². The number of sulfone groups is 1. The predicted octanol–water partition coefficient (Wildman–Crippen LogP) is 4.16. The molecule has 1 heterocycles. The molecule has 0 aliphatic carbocycles. The Labute approximate surface area is 165 Å². The molecule has 148 valence electrons. The maximum absolute atomic E-state index is 13.0. The minimum Gasteiger partial charge on any atom is -0.327 e. The number of anilines is 1. The van der Waals surface area contributed by atoms with Crippen LogP contribution < -0.4 is 5.32 Å². The molecule has 28 heavy (non-hydrogen) atoms. The molecule has 0 saturated heterocycles. The molecule has 0 unspecified atom stereocenters. The summed E-state index contributed by atoms with van der Waals surface area (Å²) < 4.78 is 27.9. The van der Waals surface area contributed by atoms with E-state index >= 15 is 0 Å². The molecule has 0 bridgehead atoms. The standard InChI is InChI=1S/C21H25N3O3S/c1-3-4-7-14-24-20-9-6-5-8-19(20)23-21(24)15-28(26,27)18-12-10-17(11-13-18)22-16(2)25/h5-6,8-13H,3-4,7,14-15H2,1-2H3,(H,22,25). The van der Waals surface area contributed by atoms with Gasteiger partial charge in [-0.25, -0.2) is 13.4 Å². The van der Waals surface area contributed by atoms with Gasteiger partial charge >= 0.3 is 0 Å². The van der Waals surface area contributed by atoms with Gasteiger partial charge in [0.25, 0.3) is 0 Å². The Balaban J connectivity index is 1.89. The number of fused-ring (bicyclic) bond motifs is 1. The SMILES string of the molecule is CCCCCn1c(CS(=O)(=O)c2ccc(NC(C)=O)cc2)nc2ccccc21. The van der Waals surface area contributed by atoms with E-state index in [0.717, 1.165) is 36.8 Å². The largest absolute Gasteiger partial charge is 0.327 e. The molecule has 7 heteroatoms.